The Balaban J connectivity index is 2.15. The molecule has 1 N–H and O–H groups in total. The van der Waals surface area contributed by atoms with Crippen LogP contribution in [0, 0.1) is 5.41 Å². The molecule has 0 aliphatic carbocycles. The summed E-state index contributed by atoms with van der Waals surface area (Å²) < 4.78 is 0. The quantitative estimate of drug-likeness (QED) is 0.687. The van der Waals surface area contributed by atoms with Crippen molar-refractivity contribution in [3.63, 3.8) is 0 Å². The number of nitrogens with zero attached hydrogens (tertiary/aromatic N) is 1. The summed E-state index contributed by atoms with van der Waals surface area (Å²) >= 11 is 0. The number of rotatable bonds is 5. The molecule has 1 heterocycles. The van der Waals surface area contributed by atoms with Gasteiger partial charge in [-0.2, -0.15) is 0 Å². The van der Waals surface area contributed by atoms with Crippen LogP contribution in [0.1, 0.15) is 46.0 Å². The van der Waals surface area contributed by atoms with Gasteiger partial charge >= 0.3 is 0 Å². The van der Waals surface area contributed by atoms with Crippen molar-refractivity contribution >= 4 is 0 Å². The summed E-state index contributed by atoms with van der Waals surface area (Å²) in [5.74, 6) is 0. The summed E-state index contributed by atoms with van der Waals surface area (Å²) in [4.78, 5) is 2.55. The predicted molar refractivity (Wildman–Crippen MR) is 60.4 cm³/mol. The van der Waals surface area contributed by atoms with Gasteiger partial charge in [0.25, 0.3) is 0 Å². The van der Waals surface area contributed by atoms with Gasteiger partial charge in [-0.05, 0) is 50.7 Å². The first-order valence-corrected chi connectivity index (χ1v) is 6.03. The van der Waals surface area contributed by atoms with E-state index >= 15 is 0 Å². The number of aliphatic hydroxyl groups is 1. The number of hydrogen-bond acceptors (Lipinski definition) is 2. The fraction of sp³-hybridized carbons (Fsp3) is 1.00. The number of unbranched alkanes of at least 4 members (excludes halogenated alkanes) is 1. The van der Waals surface area contributed by atoms with Gasteiger partial charge in [-0.1, -0.05) is 20.3 Å². The molecule has 0 bridgehead atoms. The van der Waals surface area contributed by atoms with Crippen molar-refractivity contribution in [2.45, 2.75) is 46.0 Å². The third-order valence-electron chi connectivity index (χ3n) is 3.80. The van der Waals surface area contributed by atoms with Crippen molar-refractivity contribution < 1.29 is 5.11 Å². The lowest BCUT2D eigenvalue weighted by molar-refractivity contribution is 0.112. The lowest BCUT2D eigenvalue weighted by Gasteiger charge is -2.38. The average molecular weight is 199 g/mol. The Bertz CT molecular complexity index is 150. The molecule has 0 atom stereocenters. The third kappa shape index (κ3) is 3.58. The first-order chi connectivity index (χ1) is 6.70. The van der Waals surface area contributed by atoms with Crippen LogP contribution in [-0.4, -0.2) is 36.2 Å². The smallest absolute Gasteiger partial charge is 0.0431 e. The van der Waals surface area contributed by atoms with Crippen LogP contribution < -0.4 is 0 Å². The molecular weight excluding hydrogens is 174 g/mol. The molecule has 1 saturated heterocycles. The lowest BCUT2D eigenvalue weighted by Crippen LogP contribution is -2.38. The highest BCUT2D eigenvalue weighted by Crippen LogP contribution is 2.33. The maximum Gasteiger partial charge on any atom is 0.0431 e. The molecule has 14 heavy (non-hydrogen) atoms. The minimum absolute atomic E-state index is 0.348. The van der Waals surface area contributed by atoms with E-state index in [9.17, 15) is 0 Å². The van der Waals surface area contributed by atoms with Crippen molar-refractivity contribution in [1.82, 2.24) is 4.90 Å². The van der Waals surface area contributed by atoms with E-state index in [4.69, 9.17) is 5.11 Å². The summed E-state index contributed by atoms with van der Waals surface area (Å²) in [5.41, 5.74) is 0.605. The molecule has 2 heteroatoms. The SMILES string of the molecule is CCC1(C)CCN(CCCCO)CC1. The van der Waals surface area contributed by atoms with Gasteiger partial charge in [0.15, 0.2) is 0 Å². The zero-order valence-corrected chi connectivity index (χ0v) is 9.76. The number of piperidine rings is 1. The summed E-state index contributed by atoms with van der Waals surface area (Å²) in [7, 11) is 0. The van der Waals surface area contributed by atoms with E-state index in [0.29, 0.717) is 12.0 Å². The van der Waals surface area contributed by atoms with Crippen LogP contribution in [0.4, 0.5) is 0 Å². The standard InChI is InChI=1S/C12H25NO/c1-3-12(2)6-9-13(10-7-12)8-4-5-11-14/h14H,3-11H2,1-2H3. The summed E-state index contributed by atoms with van der Waals surface area (Å²) in [6.45, 7) is 8.77. The molecule has 0 spiro atoms. The van der Waals surface area contributed by atoms with E-state index in [-0.39, 0.29) is 0 Å². The second-order valence-electron chi connectivity index (χ2n) is 4.94. The van der Waals surface area contributed by atoms with Gasteiger partial charge in [-0.3, -0.25) is 0 Å². The van der Waals surface area contributed by atoms with Gasteiger partial charge in [-0.25, -0.2) is 0 Å². The Morgan fingerprint density at radius 2 is 1.86 bits per heavy atom. The molecule has 2 nitrogen and oxygen atoms in total. The van der Waals surface area contributed by atoms with Crippen LogP contribution in [0.2, 0.25) is 0 Å². The van der Waals surface area contributed by atoms with Crippen LogP contribution in [0.5, 0.6) is 0 Å². The first-order valence-electron chi connectivity index (χ1n) is 6.03. The molecule has 0 unspecified atom stereocenters. The fourth-order valence-electron chi connectivity index (χ4n) is 2.12. The van der Waals surface area contributed by atoms with E-state index < -0.39 is 0 Å². The zero-order valence-electron chi connectivity index (χ0n) is 9.76. The molecule has 84 valence electrons. The maximum atomic E-state index is 8.70. The highest BCUT2D eigenvalue weighted by molar-refractivity contribution is 4.80. The minimum atomic E-state index is 0.348. The highest BCUT2D eigenvalue weighted by atomic mass is 16.2. The Hall–Kier alpha value is -0.0800. The zero-order chi connectivity index (χ0) is 10.4. The van der Waals surface area contributed by atoms with Crippen LogP contribution in [-0.2, 0) is 0 Å². The van der Waals surface area contributed by atoms with Gasteiger partial charge in [0.05, 0.1) is 0 Å². The second-order valence-corrected chi connectivity index (χ2v) is 4.94. The van der Waals surface area contributed by atoms with E-state index in [1.165, 1.54) is 38.9 Å². The van der Waals surface area contributed by atoms with Crippen molar-refractivity contribution in [3.8, 4) is 0 Å². The fourth-order valence-corrected chi connectivity index (χ4v) is 2.12. The normalized spacial score (nSPS) is 22.5. The summed E-state index contributed by atoms with van der Waals surface area (Å²) in [6, 6.07) is 0. The number of likely N-dealkylation sites (tertiary alicyclic amines) is 1. The molecular formula is C12H25NO. The van der Waals surface area contributed by atoms with Crippen LogP contribution >= 0.6 is 0 Å². The third-order valence-corrected chi connectivity index (χ3v) is 3.80. The van der Waals surface area contributed by atoms with E-state index in [1.807, 2.05) is 0 Å². The van der Waals surface area contributed by atoms with Gasteiger partial charge in [0, 0.05) is 6.61 Å². The molecule has 0 amide bonds. The largest absolute Gasteiger partial charge is 0.396 e. The Kier molecular flexibility index (Phi) is 4.90. The second kappa shape index (κ2) is 5.72. The molecule has 1 fully saturated rings. The molecule has 1 aliphatic heterocycles. The number of hydrogen-bond donors (Lipinski definition) is 1. The van der Waals surface area contributed by atoms with E-state index in [1.54, 1.807) is 0 Å². The predicted octanol–water partition coefficient (Wildman–Crippen LogP) is 2.27. The van der Waals surface area contributed by atoms with Crippen molar-refractivity contribution in [3.05, 3.63) is 0 Å². The molecule has 1 rings (SSSR count). The molecule has 0 aromatic rings. The van der Waals surface area contributed by atoms with Gasteiger partial charge in [0.2, 0.25) is 0 Å². The Morgan fingerprint density at radius 1 is 1.21 bits per heavy atom. The van der Waals surface area contributed by atoms with Crippen LogP contribution in [0.25, 0.3) is 0 Å². The lowest BCUT2D eigenvalue weighted by atomic mass is 9.78. The molecule has 0 aromatic carbocycles. The first kappa shape index (κ1) is 12.0. The van der Waals surface area contributed by atoms with Gasteiger partial charge < -0.3 is 10.0 Å². The molecule has 1 aliphatic rings. The van der Waals surface area contributed by atoms with Crippen molar-refractivity contribution in [2.24, 2.45) is 5.41 Å². The topological polar surface area (TPSA) is 23.5 Å². The summed E-state index contributed by atoms with van der Waals surface area (Å²) in [5, 5.41) is 8.70. The van der Waals surface area contributed by atoms with E-state index in [2.05, 4.69) is 18.7 Å². The maximum absolute atomic E-state index is 8.70. The number of aliphatic hydroxyl groups excluding tert-OH is 1. The van der Waals surface area contributed by atoms with Gasteiger partial charge in [-0.15, -0.1) is 0 Å². The highest BCUT2D eigenvalue weighted by Gasteiger charge is 2.27. The molecule has 0 saturated carbocycles. The van der Waals surface area contributed by atoms with Crippen LogP contribution in [0.3, 0.4) is 0 Å². The Labute approximate surface area is 88.3 Å². The molecule has 0 aromatic heterocycles. The summed E-state index contributed by atoms with van der Waals surface area (Å²) in [6.07, 6.45) is 6.13. The average Bonchev–Trinajstić information content (AvgIpc) is 2.22. The molecule has 0 radical (unpaired) electrons. The van der Waals surface area contributed by atoms with Crippen LogP contribution in [0.15, 0.2) is 0 Å². The van der Waals surface area contributed by atoms with E-state index in [0.717, 1.165) is 12.8 Å². The minimum Gasteiger partial charge on any atom is -0.396 e. The monoisotopic (exact) mass is 199 g/mol. The van der Waals surface area contributed by atoms with Crippen molar-refractivity contribution in [1.29, 1.82) is 0 Å². The Morgan fingerprint density at radius 3 is 2.36 bits per heavy atom. The van der Waals surface area contributed by atoms with Crippen molar-refractivity contribution in [2.75, 3.05) is 26.2 Å². The van der Waals surface area contributed by atoms with Gasteiger partial charge in [0.1, 0.15) is 0 Å².